The van der Waals surface area contributed by atoms with E-state index < -0.39 is 5.95 Å². The molecule has 0 atom stereocenters. The number of nitrogens with one attached hydrogen (secondary N) is 1. The molecule has 0 spiro atoms. The van der Waals surface area contributed by atoms with Gasteiger partial charge in [0, 0.05) is 44.4 Å². The summed E-state index contributed by atoms with van der Waals surface area (Å²) < 4.78 is 28.8. The Morgan fingerprint density at radius 2 is 1.90 bits per heavy atom. The van der Waals surface area contributed by atoms with Crippen LogP contribution >= 0.6 is 0 Å². The van der Waals surface area contributed by atoms with Crippen molar-refractivity contribution in [1.82, 2.24) is 19.9 Å². The van der Waals surface area contributed by atoms with Crippen molar-refractivity contribution >= 4 is 23.0 Å². The van der Waals surface area contributed by atoms with E-state index in [4.69, 9.17) is 0 Å². The van der Waals surface area contributed by atoms with Crippen LogP contribution in [0.4, 0.5) is 14.5 Å². The number of rotatable bonds is 5. The van der Waals surface area contributed by atoms with Crippen molar-refractivity contribution in [3.8, 4) is 0 Å². The number of hydrogen-bond acceptors (Lipinski definition) is 6. The van der Waals surface area contributed by atoms with Gasteiger partial charge < -0.3 is 9.88 Å². The first-order valence-corrected chi connectivity index (χ1v) is 9.79. The second-order valence-corrected chi connectivity index (χ2v) is 7.25. The summed E-state index contributed by atoms with van der Waals surface area (Å²) in [5.41, 5.74) is 1.95. The van der Waals surface area contributed by atoms with E-state index >= 15 is 0 Å². The van der Waals surface area contributed by atoms with Crippen LogP contribution < -0.4 is 10.5 Å². The summed E-state index contributed by atoms with van der Waals surface area (Å²) in [7, 11) is 0. The monoisotopic (exact) mass is 413 g/mol. The molecule has 3 heterocycles. The maximum Gasteiger partial charge on any atom is 0.270 e. The van der Waals surface area contributed by atoms with E-state index in [1.165, 1.54) is 12.1 Å². The Balaban J connectivity index is 1.47. The molecule has 1 N–H and O–H groups in total. The lowest BCUT2D eigenvalue weighted by molar-refractivity contribution is 0.111. The predicted molar refractivity (Wildman–Crippen MR) is 109 cm³/mol. The molecule has 1 aliphatic rings. The zero-order valence-electron chi connectivity index (χ0n) is 16.5. The molecular weight excluding hydrogens is 392 g/mol. The van der Waals surface area contributed by atoms with Gasteiger partial charge in [0.05, 0.1) is 16.7 Å². The van der Waals surface area contributed by atoms with E-state index in [0.29, 0.717) is 73.4 Å². The highest BCUT2D eigenvalue weighted by Gasteiger charge is 2.21. The zero-order chi connectivity index (χ0) is 21.3. The number of pyridine rings is 1. The van der Waals surface area contributed by atoms with Crippen LogP contribution in [-0.2, 0) is 13.0 Å². The number of hydrogen-bond donors (Lipinski definition) is 1. The van der Waals surface area contributed by atoms with Gasteiger partial charge in [0.25, 0.3) is 5.56 Å². The maximum atomic E-state index is 14.6. The number of aryl methyl sites for hydroxylation is 1. The van der Waals surface area contributed by atoms with Gasteiger partial charge in [-0.05, 0) is 24.6 Å². The molecule has 0 saturated carbocycles. The molecule has 1 aliphatic heterocycles. The first kappa shape index (κ1) is 20.1. The topological polar surface area (TPSA) is 82.2 Å². The molecule has 1 fully saturated rings. The number of nitrogens with zero attached hydrogens (tertiary/aromatic N) is 4. The number of halogens is 2. The molecule has 0 radical (unpaired) electrons. The Kier molecular flexibility index (Phi) is 5.54. The Morgan fingerprint density at radius 3 is 2.57 bits per heavy atom. The summed E-state index contributed by atoms with van der Waals surface area (Å²) in [5.74, 6) is -1.04. The van der Waals surface area contributed by atoms with Gasteiger partial charge in [0.15, 0.2) is 6.29 Å². The van der Waals surface area contributed by atoms with Gasteiger partial charge >= 0.3 is 0 Å². The third kappa shape index (κ3) is 3.93. The smallest absolute Gasteiger partial charge is 0.270 e. The van der Waals surface area contributed by atoms with Crippen LogP contribution in [0.25, 0.3) is 11.0 Å². The molecule has 3 aromatic rings. The second-order valence-electron chi connectivity index (χ2n) is 7.25. The SMILES string of the molecule is CCc1nc2cc(F)c(CN3CCN(c4ccc(C=O)nc4F)CC3)cc2[nH]c1=O. The fourth-order valence-electron chi connectivity index (χ4n) is 3.68. The van der Waals surface area contributed by atoms with E-state index in [2.05, 4.69) is 19.9 Å². The van der Waals surface area contributed by atoms with Crippen LogP contribution in [-0.4, -0.2) is 52.3 Å². The standard InChI is InChI=1S/C21H21F2N5O2/c1-2-16-21(30)26-17-9-13(15(22)10-18(17)25-16)11-27-5-7-28(8-6-27)19-4-3-14(12-29)24-20(19)23/h3-4,9-10,12H,2,5-8,11H2,1H3,(H,26,30). The highest BCUT2D eigenvalue weighted by Crippen LogP contribution is 2.22. The third-order valence-corrected chi connectivity index (χ3v) is 5.34. The molecule has 0 aliphatic carbocycles. The van der Waals surface area contributed by atoms with Crippen molar-refractivity contribution in [2.45, 2.75) is 19.9 Å². The minimum absolute atomic E-state index is 0.0558. The molecule has 7 nitrogen and oxygen atoms in total. The van der Waals surface area contributed by atoms with Crippen LogP contribution in [0.5, 0.6) is 0 Å². The molecule has 9 heteroatoms. The van der Waals surface area contributed by atoms with Crippen LogP contribution in [0.3, 0.4) is 0 Å². The summed E-state index contributed by atoms with van der Waals surface area (Å²) >= 11 is 0. The first-order valence-electron chi connectivity index (χ1n) is 9.79. The summed E-state index contributed by atoms with van der Waals surface area (Å²) in [4.78, 5) is 37.3. The van der Waals surface area contributed by atoms with Gasteiger partial charge in [-0.25, -0.2) is 14.4 Å². The van der Waals surface area contributed by atoms with Crippen LogP contribution in [0, 0.1) is 11.8 Å². The number of carbonyl (C=O) groups excluding carboxylic acids is 1. The van der Waals surface area contributed by atoms with Gasteiger partial charge in [-0.1, -0.05) is 6.92 Å². The van der Waals surface area contributed by atoms with Crippen molar-refractivity contribution in [2.24, 2.45) is 0 Å². The molecule has 30 heavy (non-hydrogen) atoms. The van der Waals surface area contributed by atoms with Crippen molar-refractivity contribution < 1.29 is 13.6 Å². The van der Waals surface area contributed by atoms with Crippen LogP contribution in [0.2, 0.25) is 0 Å². The zero-order valence-corrected chi connectivity index (χ0v) is 16.5. The van der Waals surface area contributed by atoms with Gasteiger partial charge in [0.2, 0.25) is 5.95 Å². The van der Waals surface area contributed by atoms with E-state index in [1.807, 2.05) is 11.8 Å². The Morgan fingerprint density at radius 1 is 1.13 bits per heavy atom. The molecule has 2 aromatic heterocycles. The molecule has 0 bridgehead atoms. The number of carbonyl (C=O) groups is 1. The van der Waals surface area contributed by atoms with Crippen LogP contribution in [0.15, 0.2) is 29.1 Å². The van der Waals surface area contributed by atoms with Crippen molar-refractivity contribution in [3.63, 3.8) is 0 Å². The van der Waals surface area contributed by atoms with E-state index in [9.17, 15) is 18.4 Å². The number of fused-ring (bicyclic) bond motifs is 1. The van der Waals surface area contributed by atoms with Gasteiger partial charge in [-0.15, -0.1) is 0 Å². The van der Waals surface area contributed by atoms with E-state index in [1.54, 1.807) is 12.1 Å². The highest BCUT2D eigenvalue weighted by atomic mass is 19.1. The number of aromatic nitrogens is 3. The summed E-state index contributed by atoms with van der Waals surface area (Å²) in [6.07, 6.45) is 0.988. The first-order chi connectivity index (χ1) is 14.5. The highest BCUT2D eigenvalue weighted by molar-refractivity contribution is 5.75. The van der Waals surface area contributed by atoms with Crippen molar-refractivity contribution in [3.05, 3.63) is 63.3 Å². The number of aldehydes is 1. The lowest BCUT2D eigenvalue weighted by Gasteiger charge is -2.36. The number of H-pyrrole nitrogens is 1. The van der Waals surface area contributed by atoms with Gasteiger partial charge in [-0.2, -0.15) is 4.39 Å². The average molecular weight is 413 g/mol. The number of piperazine rings is 1. The Bertz CT molecular complexity index is 1160. The summed E-state index contributed by atoms with van der Waals surface area (Å²) in [5, 5.41) is 0. The van der Waals surface area contributed by atoms with Gasteiger partial charge in [0.1, 0.15) is 17.2 Å². The minimum Gasteiger partial charge on any atom is -0.365 e. The molecule has 0 unspecified atom stereocenters. The number of anilines is 1. The average Bonchev–Trinajstić information content (AvgIpc) is 2.75. The molecule has 1 saturated heterocycles. The molecule has 156 valence electrons. The fraction of sp³-hybridized carbons (Fsp3) is 0.333. The van der Waals surface area contributed by atoms with Crippen molar-refractivity contribution in [1.29, 1.82) is 0 Å². The fourth-order valence-corrected chi connectivity index (χ4v) is 3.68. The normalized spacial score (nSPS) is 15.0. The maximum absolute atomic E-state index is 14.6. The number of aromatic amines is 1. The van der Waals surface area contributed by atoms with Gasteiger partial charge in [-0.3, -0.25) is 14.5 Å². The molecule has 0 amide bonds. The Hall–Kier alpha value is -3.20. The molecule has 4 rings (SSSR count). The van der Waals surface area contributed by atoms with E-state index in [-0.39, 0.29) is 17.1 Å². The lowest BCUT2D eigenvalue weighted by Crippen LogP contribution is -2.46. The lowest BCUT2D eigenvalue weighted by atomic mass is 10.1. The quantitative estimate of drug-likeness (QED) is 0.511. The molecular formula is C21H21F2N5O2. The summed E-state index contributed by atoms with van der Waals surface area (Å²) in [6, 6.07) is 6.03. The van der Waals surface area contributed by atoms with E-state index in [0.717, 1.165) is 0 Å². The third-order valence-electron chi connectivity index (χ3n) is 5.34. The Labute approximate surface area is 171 Å². The van der Waals surface area contributed by atoms with Crippen molar-refractivity contribution in [2.75, 3.05) is 31.1 Å². The largest absolute Gasteiger partial charge is 0.365 e. The minimum atomic E-state index is -0.670. The second kappa shape index (κ2) is 8.27. The number of benzene rings is 1. The predicted octanol–water partition coefficient (Wildman–Crippen LogP) is 2.29. The van der Waals surface area contributed by atoms with Crippen LogP contribution in [0.1, 0.15) is 28.7 Å². The molecule has 1 aromatic carbocycles. The summed E-state index contributed by atoms with van der Waals surface area (Å²) in [6.45, 7) is 4.51.